The summed E-state index contributed by atoms with van der Waals surface area (Å²) in [6.07, 6.45) is 5.43. The summed E-state index contributed by atoms with van der Waals surface area (Å²) in [6.45, 7) is 0.832. The lowest BCUT2D eigenvalue weighted by Gasteiger charge is -2.23. The predicted molar refractivity (Wildman–Crippen MR) is 63.4 cm³/mol. The molecule has 0 aromatic carbocycles. The van der Waals surface area contributed by atoms with E-state index in [1.54, 1.807) is 6.20 Å². The first-order valence-corrected chi connectivity index (χ1v) is 6.38. The highest BCUT2D eigenvalue weighted by Crippen LogP contribution is 2.24. The molecule has 0 bridgehead atoms. The van der Waals surface area contributed by atoms with Gasteiger partial charge in [0.25, 0.3) is 0 Å². The SMILES string of the molecule is CSc1nccc(N2CCCC2C(N)=O)n1. The molecule has 2 rings (SSSR count). The molecule has 5 nitrogen and oxygen atoms in total. The molecule has 1 unspecified atom stereocenters. The fraction of sp³-hybridized carbons (Fsp3) is 0.500. The Balaban J connectivity index is 2.25. The summed E-state index contributed by atoms with van der Waals surface area (Å²) in [5, 5.41) is 0.715. The molecule has 0 spiro atoms. The molecule has 2 heterocycles. The lowest BCUT2D eigenvalue weighted by Crippen LogP contribution is -2.40. The van der Waals surface area contributed by atoms with E-state index in [0.29, 0.717) is 5.16 Å². The minimum Gasteiger partial charge on any atom is -0.368 e. The quantitative estimate of drug-likeness (QED) is 0.618. The maximum atomic E-state index is 11.3. The van der Waals surface area contributed by atoms with Crippen molar-refractivity contribution in [3.8, 4) is 0 Å². The number of anilines is 1. The number of rotatable bonds is 3. The molecular weight excluding hydrogens is 224 g/mol. The predicted octanol–water partition coefficient (Wildman–Crippen LogP) is 0.653. The second-order valence-corrected chi connectivity index (χ2v) is 4.43. The Kier molecular flexibility index (Phi) is 3.28. The summed E-state index contributed by atoms with van der Waals surface area (Å²) in [6, 6.07) is 1.60. The van der Waals surface area contributed by atoms with E-state index in [9.17, 15) is 4.79 Å². The van der Waals surface area contributed by atoms with Crippen LogP contribution in [0.15, 0.2) is 17.4 Å². The van der Waals surface area contributed by atoms with Crippen molar-refractivity contribution in [3.63, 3.8) is 0 Å². The van der Waals surface area contributed by atoms with E-state index in [-0.39, 0.29) is 11.9 Å². The van der Waals surface area contributed by atoms with E-state index in [4.69, 9.17) is 5.73 Å². The monoisotopic (exact) mass is 238 g/mol. The van der Waals surface area contributed by atoms with Gasteiger partial charge in [-0.05, 0) is 25.2 Å². The summed E-state index contributed by atoms with van der Waals surface area (Å²) in [7, 11) is 0. The molecule has 2 N–H and O–H groups in total. The smallest absolute Gasteiger partial charge is 0.240 e. The van der Waals surface area contributed by atoms with Gasteiger partial charge in [-0.25, -0.2) is 9.97 Å². The molecule has 1 atom stereocenters. The van der Waals surface area contributed by atoms with Gasteiger partial charge in [-0.3, -0.25) is 4.79 Å². The molecule has 1 aliphatic rings. The zero-order valence-electron chi connectivity index (χ0n) is 9.09. The number of hydrogen-bond donors (Lipinski definition) is 1. The van der Waals surface area contributed by atoms with Gasteiger partial charge in [-0.15, -0.1) is 0 Å². The Labute approximate surface area is 98.4 Å². The van der Waals surface area contributed by atoms with Gasteiger partial charge in [0.1, 0.15) is 11.9 Å². The van der Waals surface area contributed by atoms with E-state index in [1.165, 1.54) is 11.8 Å². The number of hydrogen-bond acceptors (Lipinski definition) is 5. The van der Waals surface area contributed by atoms with Crippen LogP contribution in [0, 0.1) is 0 Å². The maximum absolute atomic E-state index is 11.3. The lowest BCUT2D eigenvalue weighted by molar-refractivity contribution is -0.119. The second kappa shape index (κ2) is 4.69. The molecule has 16 heavy (non-hydrogen) atoms. The molecule has 1 aromatic heterocycles. The normalized spacial score (nSPS) is 20.1. The Bertz CT molecular complexity index is 398. The van der Waals surface area contributed by atoms with E-state index in [1.807, 2.05) is 17.2 Å². The number of carbonyl (C=O) groups is 1. The van der Waals surface area contributed by atoms with Crippen LogP contribution in [0.5, 0.6) is 0 Å². The van der Waals surface area contributed by atoms with Crippen molar-refractivity contribution in [3.05, 3.63) is 12.3 Å². The zero-order valence-corrected chi connectivity index (χ0v) is 9.91. The number of thioether (sulfide) groups is 1. The van der Waals surface area contributed by atoms with Crippen molar-refractivity contribution in [2.24, 2.45) is 5.73 Å². The van der Waals surface area contributed by atoms with Gasteiger partial charge >= 0.3 is 0 Å². The van der Waals surface area contributed by atoms with Gasteiger partial charge in [0, 0.05) is 12.7 Å². The average molecular weight is 238 g/mol. The summed E-state index contributed by atoms with van der Waals surface area (Å²) in [5.41, 5.74) is 5.37. The highest BCUT2D eigenvalue weighted by Gasteiger charge is 2.29. The first-order valence-electron chi connectivity index (χ1n) is 5.15. The molecule has 1 aromatic rings. The zero-order chi connectivity index (χ0) is 11.5. The van der Waals surface area contributed by atoms with Gasteiger partial charge in [-0.2, -0.15) is 0 Å². The Morgan fingerprint density at radius 3 is 3.19 bits per heavy atom. The summed E-state index contributed by atoms with van der Waals surface area (Å²) >= 11 is 1.49. The van der Waals surface area contributed by atoms with Crippen LogP contribution in [0.3, 0.4) is 0 Å². The standard InChI is InChI=1S/C10H14N4OS/c1-16-10-12-5-4-8(13-10)14-6-2-3-7(14)9(11)15/h4-5,7H,2-3,6H2,1H3,(H2,11,15). The lowest BCUT2D eigenvalue weighted by atomic mass is 10.2. The molecule has 0 saturated carbocycles. The minimum absolute atomic E-state index is 0.218. The third-order valence-corrected chi connectivity index (χ3v) is 3.24. The van der Waals surface area contributed by atoms with Crippen LogP contribution >= 0.6 is 11.8 Å². The van der Waals surface area contributed by atoms with Crippen molar-refractivity contribution >= 4 is 23.5 Å². The Hall–Kier alpha value is -1.30. The first-order chi connectivity index (χ1) is 7.72. The molecular formula is C10H14N4OS. The van der Waals surface area contributed by atoms with Crippen LogP contribution in [0.25, 0.3) is 0 Å². The summed E-state index contributed by atoms with van der Waals surface area (Å²) in [5.74, 6) is 0.516. The van der Waals surface area contributed by atoms with Crippen LogP contribution in [-0.2, 0) is 4.79 Å². The van der Waals surface area contributed by atoms with Gasteiger partial charge < -0.3 is 10.6 Å². The highest BCUT2D eigenvalue weighted by molar-refractivity contribution is 7.98. The molecule has 1 aliphatic heterocycles. The van der Waals surface area contributed by atoms with Crippen LogP contribution in [0.1, 0.15) is 12.8 Å². The van der Waals surface area contributed by atoms with E-state index in [2.05, 4.69) is 9.97 Å². The fourth-order valence-electron chi connectivity index (χ4n) is 1.93. The number of aromatic nitrogens is 2. The van der Waals surface area contributed by atoms with E-state index in [0.717, 1.165) is 25.2 Å². The van der Waals surface area contributed by atoms with Gasteiger partial charge in [-0.1, -0.05) is 11.8 Å². The topological polar surface area (TPSA) is 72.1 Å². The van der Waals surface area contributed by atoms with Gasteiger partial charge in [0.15, 0.2) is 5.16 Å². The van der Waals surface area contributed by atoms with Gasteiger partial charge in [0.2, 0.25) is 5.91 Å². The summed E-state index contributed by atoms with van der Waals surface area (Å²) in [4.78, 5) is 21.7. The van der Waals surface area contributed by atoms with E-state index >= 15 is 0 Å². The highest BCUT2D eigenvalue weighted by atomic mass is 32.2. The third kappa shape index (κ3) is 2.11. The molecule has 86 valence electrons. The second-order valence-electron chi connectivity index (χ2n) is 3.66. The number of nitrogens with two attached hydrogens (primary N) is 1. The first kappa shape index (κ1) is 11.2. The van der Waals surface area contributed by atoms with Crippen molar-refractivity contribution in [1.29, 1.82) is 0 Å². The fourth-order valence-corrected chi connectivity index (χ4v) is 2.28. The average Bonchev–Trinajstić information content (AvgIpc) is 2.78. The van der Waals surface area contributed by atoms with Crippen LogP contribution in [-0.4, -0.2) is 34.7 Å². The molecule has 1 fully saturated rings. The van der Waals surface area contributed by atoms with Crippen LogP contribution in [0.4, 0.5) is 5.82 Å². The minimum atomic E-state index is -0.276. The largest absolute Gasteiger partial charge is 0.368 e. The van der Waals surface area contributed by atoms with Crippen LogP contribution < -0.4 is 10.6 Å². The molecule has 0 radical (unpaired) electrons. The number of primary amides is 1. The Morgan fingerprint density at radius 2 is 2.50 bits per heavy atom. The molecule has 1 saturated heterocycles. The molecule has 6 heteroatoms. The molecule has 1 amide bonds. The maximum Gasteiger partial charge on any atom is 0.240 e. The number of amides is 1. The van der Waals surface area contributed by atoms with Crippen molar-refractivity contribution in [2.75, 3.05) is 17.7 Å². The van der Waals surface area contributed by atoms with Crippen molar-refractivity contribution in [2.45, 2.75) is 24.0 Å². The third-order valence-electron chi connectivity index (χ3n) is 2.68. The van der Waals surface area contributed by atoms with E-state index < -0.39 is 0 Å². The summed E-state index contributed by atoms with van der Waals surface area (Å²) < 4.78 is 0. The number of carbonyl (C=O) groups excluding carboxylic acids is 1. The number of nitrogens with zero attached hydrogens (tertiary/aromatic N) is 3. The Morgan fingerprint density at radius 1 is 1.69 bits per heavy atom. The van der Waals surface area contributed by atoms with Crippen molar-refractivity contribution in [1.82, 2.24) is 9.97 Å². The van der Waals surface area contributed by atoms with Crippen molar-refractivity contribution < 1.29 is 4.79 Å². The van der Waals surface area contributed by atoms with Gasteiger partial charge in [0.05, 0.1) is 0 Å². The van der Waals surface area contributed by atoms with Crippen LogP contribution in [0.2, 0.25) is 0 Å². The molecule has 0 aliphatic carbocycles.